The van der Waals surface area contributed by atoms with E-state index in [-0.39, 0.29) is 34.3 Å². The third kappa shape index (κ3) is 11.3. The van der Waals surface area contributed by atoms with Crippen LogP contribution in [0.4, 0.5) is 17.1 Å². The fourth-order valence-electron chi connectivity index (χ4n) is 8.86. The maximum atomic E-state index is 14.9. The second kappa shape index (κ2) is 21.5. The van der Waals surface area contributed by atoms with Crippen molar-refractivity contribution in [1.29, 1.82) is 0 Å². The zero-order valence-corrected chi connectivity index (χ0v) is 43.2. The summed E-state index contributed by atoms with van der Waals surface area (Å²) in [6, 6.07) is 70.7. The lowest BCUT2D eigenvalue weighted by Crippen LogP contribution is -2.31. The zero-order valence-electron chi connectivity index (χ0n) is 40.7. The molecule has 9 aromatic carbocycles. The first-order valence-corrected chi connectivity index (χ1v) is 28.2. The van der Waals surface area contributed by atoms with Crippen LogP contribution in [0.1, 0.15) is 56.0 Å². The minimum absolute atomic E-state index is 0.0345. The standard InChI is InChI=1S/C61H55N3O6S3/c1-46-28-34-58(35-29-46)71(65,66)62(43-49-16-7-4-8-17-49)55-25-13-22-52(40-55)61(53-23-14-26-56(41-53)63(44-50-18-9-5-10-19-50)72(67,68)59-36-30-47(2)31-37-59)54-24-15-27-57(42-54)64(45-51-20-11-6-12-21-51)73(69,70)60-38-32-48(3)33-39-60/h4-42,61H,43-45H2,1-3H3. The van der Waals surface area contributed by atoms with Gasteiger partial charge in [-0.3, -0.25) is 12.9 Å². The number of benzene rings is 9. The van der Waals surface area contributed by atoms with Crippen LogP contribution < -0.4 is 12.9 Å². The second-order valence-corrected chi connectivity index (χ2v) is 23.7. The summed E-state index contributed by atoms with van der Waals surface area (Å²) in [7, 11) is -12.4. The number of hydrogen-bond acceptors (Lipinski definition) is 6. The summed E-state index contributed by atoms with van der Waals surface area (Å²) in [6.07, 6.45) is 0. The van der Waals surface area contributed by atoms with Gasteiger partial charge in [-0.05, 0) is 127 Å². The van der Waals surface area contributed by atoms with E-state index in [4.69, 9.17) is 0 Å². The Kier molecular flexibility index (Phi) is 14.8. The Morgan fingerprint density at radius 1 is 0.301 bits per heavy atom. The highest BCUT2D eigenvalue weighted by Gasteiger charge is 2.31. The lowest BCUT2D eigenvalue weighted by molar-refractivity contribution is 0.589. The van der Waals surface area contributed by atoms with Crippen LogP contribution in [0.3, 0.4) is 0 Å². The van der Waals surface area contributed by atoms with E-state index in [2.05, 4.69) is 0 Å². The van der Waals surface area contributed by atoms with Gasteiger partial charge in [-0.25, -0.2) is 25.3 Å². The Morgan fingerprint density at radius 2 is 0.548 bits per heavy atom. The van der Waals surface area contributed by atoms with Gasteiger partial charge in [0.05, 0.1) is 51.4 Å². The lowest BCUT2D eigenvalue weighted by atomic mass is 9.84. The van der Waals surface area contributed by atoms with Gasteiger partial charge in [0.2, 0.25) is 0 Å². The molecule has 0 unspecified atom stereocenters. The molecule has 12 heteroatoms. The quantitative estimate of drug-likeness (QED) is 0.0791. The molecule has 0 aliphatic carbocycles. The van der Waals surface area contributed by atoms with Gasteiger partial charge in [-0.15, -0.1) is 0 Å². The summed E-state index contributed by atoms with van der Waals surface area (Å²) in [5, 5.41) is 0. The van der Waals surface area contributed by atoms with Crippen molar-refractivity contribution in [3.63, 3.8) is 0 Å². The first-order chi connectivity index (χ1) is 35.2. The Labute approximate surface area is 430 Å². The van der Waals surface area contributed by atoms with Crippen molar-refractivity contribution in [2.45, 2.75) is 61.0 Å². The van der Waals surface area contributed by atoms with Gasteiger partial charge >= 0.3 is 0 Å². The highest BCUT2D eigenvalue weighted by molar-refractivity contribution is 7.93. The smallest absolute Gasteiger partial charge is 0.262 e. The molecule has 0 aromatic heterocycles. The maximum Gasteiger partial charge on any atom is 0.264 e. The molecule has 0 atom stereocenters. The van der Waals surface area contributed by atoms with Crippen LogP contribution in [0.5, 0.6) is 0 Å². The fourth-order valence-corrected chi connectivity index (χ4v) is 13.2. The van der Waals surface area contributed by atoms with Crippen LogP contribution >= 0.6 is 0 Å². The Morgan fingerprint density at radius 3 is 0.795 bits per heavy atom. The van der Waals surface area contributed by atoms with E-state index in [0.717, 1.165) is 33.4 Å². The summed E-state index contributed by atoms with van der Waals surface area (Å²) in [5.74, 6) is -0.693. The number of nitrogens with zero attached hydrogens (tertiary/aromatic N) is 3. The van der Waals surface area contributed by atoms with E-state index in [1.165, 1.54) is 12.9 Å². The predicted octanol–water partition coefficient (Wildman–Crippen LogP) is 13.0. The molecule has 0 saturated carbocycles. The number of rotatable bonds is 18. The third-order valence-electron chi connectivity index (χ3n) is 12.8. The highest BCUT2D eigenvalue weighted by atomic mass is 32.2. The van der Waals surface area contributed by atoms with Crippen LogP contribution in [0, 0.1) is 20.8 Å². The average molecular weight is 1020 g/mol. The van der Waals surface area contributed by atoms with Gasteiger partial charge in [0.1, 0.15) is 0 Å². The summed E-state index contributed by atoms with van der Waals surface area (Å²) in [6.45, 7) is 5.82. The average Bonchev–Trinajstić information content (AvgIpc) is 3.40. The van der Waals surface area contributed by atoms with Gasteiger partial charge in [-0.1, -0.05) is 180 Å². The molecule has 368 valence electrons. The number of sulfonamides is 3. The first kappa shape index (κ1) is 50.2. The van der Waals surface area contributed by atoms with Crippen molar-refractivity contribution in [2.75, 3.05) is 12.9 Å². The van der Waals surface area contributed by atoms with Gasteiger partial charge in [0.15, 0.2) is 0 Å². The van der Waals surface area contributed by atoms with E-state index in [9.17, 15) is 25.3 Å². The van der Waals surface area contributed by atoms with E-state index >= 15 is 0 Å². The van der Waals surface area contributed by atoms with Crippen molar-refractivity contribution in [3.8, 4) is 0 Å². The Balaban J connectivity index is 1.24. The minimum atomic E-state index is -4.14. The first-order valence-electron chi connectivity index (χ1n) is 23.9. The van der Waals surface area contributed by atoms with E-state index in [1.807, 2.05) is 166 Å². The molecule has 0 heterocycles. The fraction of sp³-hybridized carbons (Fsp3) is 0.115. The van der Waals surface area contributed by atoms with Crippen molar-refractivity contribution in [2.24, 2.45) is 0 Å². The molecule has 9 nitrogen and oxygen atoms in total. The van der Waals surface area contributed by atoms with Gasteiger partial charge in [0.25, 0.3) is 30.1 Å². The molecule has 0 fully saturated rings. The largest absolute Gasteiger partial charge is 0.264 e. The maximum absolute atomic E-state index is 14.9. The molecule has 0 spiro atoms. The van der Waals surface area contributed by atoms with Crippen molar-refractivity contribution < 1.29 is 25.3 Å². The van der Waals surface area contributed by atoms with Gasteiger partial charge in [0, 0.05) is 5.92 Å². The SMILES string of the molecule is Cc1ccc(S(=O)(=O)N(Cc2ccccc2)c2cccc(C(c3cccc(N(Cc4ccccc4)S(=O)(=O)c4ccc(C)cc4)c3)c3cccc(N(Cc4ccccc4)S(=O)(=O)c4ccc(C)cc4)c3)c2)cc1. The molecule has 0 aliphatic rings. The third-order valence-corrected chi connectivity index (χ3v) is 18.2. The number of anilines is 3. The van der Waals surface area contributed by atoms with Crippen LogP contribution in [0.2, 0.25) is 0 Å². The molecule has 0 aliphatic heterocycles. The summed E-state index contributed by atoms with van der Waals surface area (Å²) < 4.78 is 93.4. The van der Waals surface area contributed by atoms with E-state index in [0.29, 0.717) is 33.8 Å². The molecule has 0 saturated heterocycles. The summed E-state index contributed by atoms with van der Waals surface area (Å²) in [4.78, 5) is 0.411. The molecule has 0 amide bonds. The lowest BCUT2D eigenvalue weighted by Gasteiger charge is -2.29. The van der Waals surface area contributed by atoms with Crippen LogP contribution in [0.25, 0.3) is 0 Å². The normalized spacial score (nSPS) is 11.8. The van der Waals surface area contributed by atoms with E-state index < -0.39 is 36.0 Å². The predicted molar refractivity (Wildman–Crippen MR) is 293 cm³/mol. The summed E-state index contributed by atoms with van der Waals surface area (Å²) in [5.41, 5.74) is 8.34. The second-order valence-electron chi connectivity index (χ2n) is 18.1. The van der Waals surface area contributed by atoms with Crippen molar-refractivity contribution in [1.82, 2.24) is 0 Å². The Bertz CT molecular complexity index is 3280. The minimum Gasteiger partial charge on any atom is -0.262 e. The molecule has 0 N–H and O–H groups in total. The zero-order chi connectivity index (χ0) is 51.2. The van der Waals surface area contributed by atoms with Crippen molar-refractivity contribution in [3.05, 3.63) is 287 Å². The van der Waals surface area contributed by atoms with Gasteiger partial charge in [-0.2, -0.15) is 0 Å². The molecule has 9 rings (SSSR count). The highest BCUT2D eigenvalue weighted by Crippen LogP contribution is 2.40. The monoisotopic (exact) mass is 1020 g/mol. The van der Waals surface area contributed by atoms with Crippen LogP contribution in [0.15, 0.2) is 251 Å². The molecule has 0 radical (unpaired) electrons. The Hall–Kier alpha value is -7.77. The molecule has 0 bridgehead atoms. The molecule has 73 heavy (non-hydrogen) atoms. The number of aryl methyl sites for hydroxylation is 3. The van der Waals surface area contributed by atoms with Crippen LogP contribution in [-0.2, 0) is 49.7 Å². The van der Waals surface area contributed by atoms with Crippen LogP contribution in [-0.4, -0.2) is 25.3 Å². The molecular weight excluding hydrogens is 967 g/mol. The number of hydrogen-bond donors (Lipinski definition) is 0. The van der Waals surface area contributed by atoms with Crippen molar-refractivity contribution >= 4 is 47.1 Å². The summed E-state index contributed by atoms with van der Waals surface area (Å²) >= 11 is 0. The van der Waals surface area contributed by atoms with E-state index in [1.54, 1.807) is 91.0 Å². The molecular formula is C61H55N3O6S3. The molecule has 9 aromatic rings. The van der Waals surface area contributed by atoms with Gasteiger partial charge < -0.3 is 0 Å². The topological polar surface area (TPSA) is 112 Å².